The molecule has 0 unspecified atom stereocenters. The van der Waals surface area contributed by atoms with Crippen LogP contribution < -0.4 is 15.5 Å². The third kappa shape index (κ3) is 5.30. The maximum Gasteiger partial charge on any atom is 0.250 e. The summed E-state index contributed by atoms with van der Waals surface area (Å²) in [5.74, 6) is -0.199. The van der Waals surface area contributed by atoms with E-state index in [9.17, 15) is 4.79 Å². The van der Waals surface area contributed by atoms with Crippen LogP contribution in [0.4, 0.5) is 11.4 Å². The van der Waals surface area contributed by atoms with E-state index in [4.69, 9.17) is 17.0 Å². The van der Waals surface area contributed by atoms with E-state index in [1.807, 2.05) is 48.7 Å². The number of pyridine rings is 1. The number of rotatable bonds is 7. The van der Waals surface area contributed by atoms with Crippen LogP contribution in [0.2, 0.25) is 0 Å². The van der Waals surface area contributed by atoms with Crippen LogP contribution in [0.15, 0.2) is 72.9 Å². The molecule has 39 heavy (non-hydrogen) atoms. The van der Waals surface area contributed by atoms with Gasteiger partial charge in [-0.15, -0.1) is 0 Å². The number of amides is 1. The highest BCUT2D eigenvalue weighted by Gasteiger charge is 2.42. The van der Waals surface area contributed by atoms with Crippen molar-refractivity contribution in [3.8, 4) is 5.69 Å². The molecule has 2 aromatic carbocycles. The fraction of sp³-hybridized carbons (Fsp3) is 0.258. The number of thiocarbonyl (C=S) groups is 1. The molecule has 2 N–H and O–H groups in total. The van der Waals surface area contributed by atoms with Crippen LogP contribution >= 0.6 is 12.2 Å². The summed E-state index contributed by atoms with van der Waals surface area (Å²) in [4.78, 5) is 18.8. The van der Waals surface area contributed by atoms with Gasteiger partial charge in [0, 0.05) is 41.8 Å². The highest BCUT2D eigenvalue weighted by molar-refractivity contribution is 7.80. The monoisotopic (exact) mass is 539 g/mol. The van der Waals surface area contributed by atoms with E-state index in [0.717, 1.165) is 28.5 Å². The van der Waals surface area contributed by atoms with Crippen molar-refractivity contribution in [2.45, 2.75) is 39.8 Å². The molecule has 1 aliphatic heterocycles. The van der Waals surface area contributed by atoms with Crippen molar-refractivity contribution in [1.29, 1.82) is 0 Å². The average molecular weight is 540 g/mol. The smallest absolute Gasteiger partial charge is 0.250 e. The number of ether oxygens (including phenoxy) is 1. The number of aromatic nitrogens is 2. The molecule has 1 fully saturated rings. The molecule has 5 rings (SSSR count). The van der Waals surface area contributed by atoms with Gasteiger partial charge in [0.15, 0.2) is 5.11 Å². The Morgan fingerprint density at radius 1 is 1.00 bits per heavy atom. The summed E-state index contributed by atoms with van der Waals surface area (Å²) >= 11 is 5.92. The van der Waals surface area contributed by atoms with Gasteiger partial charge >= 0.3 is 0 Å². The minimum atomic E-state index is -0.199. The zero-order valence-corrected chi connectivity index (χ0v) is 23.7. The molecule has 0 aliphatic carbocycles. The first-order valence-corrected chi connectivity index (χ1v) is 13.3. The Morgan fingerprint density at radius 2 is 1.72 bits per heavy atom. The van der Waals surface area contributed by atoms with Crippen LogP contribution in [-0.2, 0) is 9.53 Å². The lowest BCUT2D eigenvalue weighted by molar-refractivity contribution is -0.119. The fourth-order valence-corrected chi connectivity index (χ4v) is 5.89. The number of anilines is 2. The summed E-state index contributed by atoms with van der Waals surface area (Å²) in [5, 5.41) is 7.02. The summed E-state index contributed by atoms with van der Waals surface area (Å²) in [6, 6.07) is 22.3. The molecule has 1 saturated heterocycles. The van der Waals surface area contributed by atoms with E-state index in [1.165, 1.54) is 23.8 Å². The molecule has 1 aliphatic rings. The second kappa shape index (κ2) is 11.0. The Balaban J connectivity index is 1.59. The molecule has 0 radical (unpaired) electrons. The molecule has 3 heterocycles. The normalized spacial score (nSPS) is 16.8. The topological polar surface area (TPSA) is 71.4 Å². The zero-order valence-electron chi connectivity index (χ0n) is 22.9. The van der Waals surface area contributed by atoms with Crippen LogP contribution in [0.1, 0.15) is 45.9 Å². The molecule has 1 amide bonds. The molecule has 8 heteroatoms. The van der Waals surface area contributed by atoms with Gasteiger partial charge in [0.2, 0.25) is 5.91 Å². The van der Waals surface area contributed by atoms with E-state index < -0.39 is 0 Å². The van der Waals surface area contributed by atoms with Gasteiger partial charge in [-0.3, -0.25) is 9.78 Å². The van der Waals surface area contributed by atoms with E-state index in [2.05, 4.69) is 77.0 Å². The maximum atomic E-state index is 12.0. The Labute approximate surface area is 234 Å². The Kier molecular flexibility index (Phi) is 7.50. The van der Waals surface area contributed by atoms with Crippen LogP contribution in [0.25, 0.3) is 5.69 Å². The second-order valence-electron chi connectivity index (χ2n) is 10.0. The number of aryl methyl sites for hydroxylation is 3. The van der Waals surface area contributed by atoms with Gasteiger partial charge in [-0.05, 0) is 111 Å². The standard InChI is InChI=1S/C31H33N5O2S/c1-19-14-20(2)16-25(15-19)35-21(3)17-26(22(35)4)30-29(27-8-6-7-13-32-27)34-31(39)36(30)24-11-9-23(10-12-24)33-28(37)18-38-5/h6-17,29-30H,18H2,1-5H3,(H,33,37)(H,34,39)/t29-,30-/m0/s1. The fourth-order valence-electron chi connectivity index (χ4n) is 5.55. The van der Waals surface area contributed by atoms with Crippen LogP contribution in [0.5, 0.6) is 0 Å². The lowest BCUT2D eigenvalue weighted by Crippen LogP contribution is -2.29. The van der Waals surface area contributed by atoms with Crippen molar-refractivity contribution in [3.63, 3.8) is 0 Å². The van der Waals surface area contributed by atoms with Crippen LogP contribution in [0, 0.1) is 27.7 Å². The van der Waals surface area contributed by atoms with E-state index in [1.54, 1.807) is 0 Å². The molecule has 200 valence electrons. The zero-order chi connectivity index (χ0) is 27.7. The lowest BCUT2D eigenvalue weighted by atomic mass is 9.96. The van der Waals surface area contributed by atoms with Gasteiger partial charge in [0.1, 0.15) is 6.61 Å². The van der Waals surface area contributed by atoms with Crippen molar-refractivity contribution < 1.29 is 9.53 Å². The Hall–Kier alpha value is -4.01. The largest absolute Gasteiger partial charge is 0.375 e. The molecule has 2 aromatic heterocycles. The summed E-state index contributed by atoms with van der Waals surface area (Å²) in [7, 11) is 1.50. The van der Waals surface area contributed by atoms with Crippen LogP contribution in [-0.4, -0.2) is 34.3 Å². The quantitative estimate of drug-likeness (QED) is 0.286. The average Bonchev–Trinajstić information content (AvgIpc) is 3.39. The van der Waals surface area contributed by atoms with E-state index in [-0.39, 0.29) is 24.6 Å². The molecule has 0 saturated carbocycles. The molecule has 0 bridgehead atoms. The van der Waals surface area contributed by atoms with Gasteiger partial charge in [0.05, 0.1) is 17.8 Å². The predicted molar refractivity (Wildman–Crippen MR) is 160 cm³/mol. The predicted octanol–water partition coefficient (Wildman–Crippen LogP) is 5.87. The molecule has 7 nitrogen and oxygen atoms in total. The number of nitrogens with zero attached hydrogens (tertiary/aromatic N) is 3. The number of carbonyl (C=O) groups is 1. The number of hydrogen-bond acceptors (Lipinski definition) is 4. The van der Waals surface area contributed by atoms with Crippen molar-refractivity contribution in [2.75, 3.05) is 23.9 Å². The second-order valence-corrected chi connectivity index (χ2v) is 10.4. The van der Waals surface area contributed by atoms with Gasteiger partial charge in [-0.1, -0.05) is 12.1 Å². The lowest BCUT2D eigenvalue weighted by Gasteiger charge is -2.28. The first-order valence-electron chi connectivity index (χ1n) is 12.9. The molecule has 2 atom stereocenters. The van der Waals surface area contributed by atoms with Crippen molar-refractivity contribution in [1.82, 2.24) is 14.9 Å². The number of hydrogen-bond donors (Lipinski definition) is 2. The molecular formula is C31H33N5O2S. The first kappa shape index (κ1) is 26.6. The summed E-state index contributed by atoms with van der Waals surface area (Å²) in [6.45, 7) is 8.58. The van der Waals surface area contributed by atoms with Gasteiger partial charge in [-0.25, -0.2) is 0 Å². The Morgan fingerprint density at radius 3 is 2.36 bits per heavy atom. The minimum Gasteiger partial charge on any atom is -0.375 e. The third-order valence-corrected chi connectivity index (χ3v) is 7.37. The number of carbonyl (C=O) groups excluding carboxylic acids is 1. The van der Waals surface area contributed by atoms with Crippen molar-refractivity contribution in [2.24, 2.45) is 0 Å². The molecule has 0 spiro atoms. The number of benzene rings is 2. The highest BCUT2D eigenvalue weighted by Crippen LogP contribution is 2.44. The van der Waals surface area contributed by atoms with Crippen molar-refractivity contribution in [3.05, 3.63) is 107 Å². The molecular weight excluding hydrogens is 506 g/mol. The van der Waals surface area contributed by atoms with Gasteiger partial charge in [0.25, 0.3) is 0 Å². The van der Waals surface area contributed by atoms with Crippen molar-refractivity contribution >= 4 is 34.6 Å². The number of methoxy groups -OCH3 is 1. The van der Waals surface area contributed by atoms with E-state index in [0.29, 0.717) is 10.8 Å². The summed E-state index contributed by atoms with van der Waals surface area (Å²) in [6.07, 6.45) is 1.82. The first-order chi connectivity index (χ1) is 18.8. The van der Waals surface area contributed by atoms with Crippen LogP contribution in [0.3, 0.4) is 0 Å². The summed E-state index contributed by atoms with van der Waals surface area (Å²) < 4.78 is 7.24. The third-order valence-electron chi connectivity index (χ3n) is 7.06. The SMILES string of the molecule is COCC(=O)Nc1ccc(N2C(=S)N[C@@H](c3ccccn3)[C@@H]2c2cc(C)n(-c3cc(C)cc(C)c3)c2C)cc1. The molecule has 4 aromatic rings. The minimum absolute atomic E-state index is 0.00575. The Bertz CT molecular complexity index is 1490. The maximum absolute atomic E-state index is 12.0. The van der Waals surface area contributed by atoms with Gasteiger partial charge in [-0.2, -0.15) is 0 Å². The van der Waals surface area contributed by atoms with Gasteiger partial charge < -0.3 is 24.8 Å². The number of nitrogens with one attached hydrogen (secondary N) is 2. The highest BCUT2D eigenvalue weighted by atomic mass is 32.1. The summed E-state index contributed by atoms with van der Waals surface area (Å²) in [5.41, 5.74) is 9.64. The van der Waals surface area contributed by atoms with E-state index >= 15 is 0 Å².